The molecule has 1 aromatic heterocycles. The fraction of sp³-hybridized carbons (Fsp3) is 0.583. The summed E-state index contributed by atoms with van der Waals surface area (Å²) < 4.78 is 1.63. The van der Waals surface area contributed by atoms with Crippen molar-refractivity contribution in [3.63, 3.8) is 0 Å². The average Bonchev–Trinajstić information content (AvgIpc) is 2.72. The monoisotopic (exact) mass is 267 g/mol. The lowest BCUT2D eigenvalue weighted by molar-refractivity contribution is -0.120. The van der Waals surface area contributed by atoms with Crippen LogP contribution in [-0.4, -0.2) is 34.3 Å². The number of hydrogen-bond donors (Lipinski definition) is 3. The quantitative estimate of drug-likeness (QED) is 0.733. The summed E-state index contributed by atoms with van der Waals surface area (Å²) in [6.07, 6.45) is 1.77. The van der Waals surface area contributed by atoms with Crippen molar-refractivity contribution in [3.8, 4) is 0 Å². The molecule has 19 heavy (non-hydrogen) atoms. The molecule has 0 bridgehead atoms. The predicted molar refractivity (Wildman–Crippen MR) is 72.7 cm³/mol. The molecule has 1 aromatic rings. The zero-order valence-electron chi connectivity index (χ0n) is 11.7. The second-order valence-corrected chi connectivity index (χ2v) is 4.83. The lowest BCUT2D eigenvalue weighted by Gasteiger charge is -2.13. The summed E-state index contributed by atoms with van der Waals surface area (Å²) in [6, 6.07) is 0.732. The standard InChI is InChI=1S/C12H21N5O2/c1-8(2)7-13-12(19)15-11(18)9(3)14-10-5-6-17(4)16-10/h5-6,8-9H,7H2,1-4H3,(H,14,16)(H2,13,15,18,19). The highest BCUT2D eigenvalue weighted by atomic mass is 16.2. The van der Waals surface area contributed by atoms with Crippen LogP contribution in [0.4, 0.5) is 10.6 Å². The number of aryl methyl sites for hydroxylation is 1. The van der Waals surface area contributed by atoms with Crippen LogP contribution in [0.5, 0.6) is 0 Å². The van der Waals surface area contributed by atoms with E-state index in [1.54, 1.807) is 30.9 Å². The van der Waals surface area contributed by atoms with Crippen LogP contribution in [0.1, 0.15) is 20.8 Å². The zero-order chi connectivity index (χ0) is 14.4. The van der Waals surface area contributed by atoms with Gasteiger partial charge in [0.15, 0.2) is 0 Å². The lowest BCUT2D eigenvalue weighted by atomic mass is 10.2. The molecule has 1 unspecified atom stereocenters. The molecule has 0 aliphatic heterocycles. The minimum atomic E-state index is -0.542. The molecular weight excluding hydrogens is 246 g/mol. The van der Waals surface area contributed by atoms with Crippen LogP contribution in [0.2, 0.25) is 0 Å². The predicted octanol–water partition coefficient (Wildman–Crippen LogP) is 0.702. The van der Waals surface area contributed by atoms with Crippen molar-refractivity contribution < 1.29 is 9.59 Å². The third-order valence-corrected chi connectivity index (χ3v) is 2.38. The Morgan fingerprint density at radius 2 is 2.05 bits per heavy atom. The number of nitrogens with zero attached hydrogens (tertiary/aromatic N) is 2. The number of nitrogens with one attached hydrogen (secondary N) is 3. The van der Waals surface area contributed by atoms with Crippen molar-refractivity contribution in [3.05, 3.63) is 12.3 Å². The van der Waals surface area contributed by atoms with Crippen LogP contribution in [0.3, 0.4) is 0 Å². The van der Waals surface area contributed by atoms with Crippen molar-refractivity contribution >= 4 is 17.8 Å². The maximum absolute atomic E-state index is 11.7. The van der Waals surface area contributed by atoms with Gasteiger partial charge in [-0.1, -0.05) is 13.8 Å². The highest BCUT2D eigenvalue weighted by Gasteiger charge is 2.16. The molecule has 1 rings (SSSR count). The SMILES string of the molecule is CC(C)CNC(=O)NC(=O)C(C)Nc1ccn(C)n1. The first kappa shape index (κ1) is 15.0. The number of aromatic nitrogens is 2. The first-order chi connectivity index (χ1) is 8.88. The second-order valence-electron chi connectivity index (χ2n) is 4.83. The first-order valence-corrected chi connectivity index (χ1v) is 6.23. The third-order valence-electron chi connectivity index (χ3n) is 2.38. The number of urea groups is 1. The maximum atomic E-state index is 11.7. The Balaban J connectivity index is 2.38. The van der Waals surface area contributed by atoms with E-state index >= 15 is 0 Å². The third kappa shape index (κ3) is 5.41. The summed E-state index contributed by atoms with van der Waals surface area (Å²) in [7, 11) is 1.79. The van der Waals surface area contributed by atoms with Crippen LogP contribution < -0.4 is 16.0 Å². The van der Waals surface area contributed by atoms with Crippen LogP contribution in [0.15, 0.2) is 12.3 Å². The van der Waals surface area contributed by atoms with Crippen molar-refractivity contribution in [2.75, 3.05) is 11.9 Å². The molecule has 0 fully saturated rings. The van der Waals surface area contributed by atoms with E-state index in [4.69, 9.17) is 0 Å². The van der Waals surface area contributed by atoms with E-state index in [1.165, 1.54) is 0 Å². The molecule has 1 heterocycles. The van der Waals surface area contributed by atoms with Crippen molar-refractivity contribution in [2.24, 2.45) is 13.0 Å². The van der Waals surface area contributed by atoms with Gasteiger partial charge in [-0.15, -0.1) is 0 Å². The van der Waals surface area contributed by atoms with Crippen molar-refractivity contribution in [2.45, 2.75) is 26.8 Å². The summed E-state index contributed by atoms with van der Waals surface area (Å²) in [5.41, 5.74) is 0. The van der Waals surface area contributed by atoms with Crippen molar-refractivity contribution in [1.82, 2.24) is 20.4 Å². The summed E-state index contributed by atoms with van der Waals surface area (Å²) in [5, 5.41) is 11.9. The summed E-state index contributed by atoms with van der Waals surface area (Å²) >= 11 is 0. The number of carbonyl (C=O) groups excluding carboxylic acids is 2. The molecule has 0 aliphatic carbocycles. The molecule has 7 heteroatoms. The number of imide groups is 1. The Morgan fingerprint density at radius 3 is 2.58 bits per heavy atom. The molecule has 0 aromatic carbocycles. The highest BCUT2D eigenvalue weighted by molar-refractivity contribution is 5.97. The van der Waals surface area contributed by atoms with Crippen LogP contribution in [0.25, 0.3) is 0 Å². The fourth-order valence-electron chi connectivity index (χ4n) is 1.34. The smallest absolute Gasteiger partial charge is 0.321 e. The maximum Gasteiger partial charge on any atom is 0.321 e. The molecule has 3 amide bonds. The Morgan fingerprint density at radius 1 is 1.37 bits per heavy atom. The molecule has 0 saturated carbocycles. The minimum absolute atomic E-state index is 0.338. The Hall–Kier alpha value is -2.05. The van der Waals surface area contributed by atoms with Crippen LogP contribution >= 0.6 is 0 Å². The van der Waals surface area contributed by atoms with Gasteiger partial charge in [0, 0.05) is 25.9 Å². The van der Waals surface area contributed by atoms with Gasteiger partial charge >= 0.3 is 6.03 Å². The van der Waals surface area contributed by atoms with Gasteiger partial charge in [0.25, 0.3) is 0 Å². The Labute approximate surface area is 112 Å². The van der Waals surface area contributed by atoms with Gasteiger partial charge in [-0.2, -0.15) is 5.10 Å². The molecule has 3 N–H and O–H groups in total. The summed E-state index contributed by atoms with van der Waals surface area (Å²) in [4.78, 5) is 23.2. The summed E-state index contributed by atoms with van der Waals surface area (Å²) in [6.45, 7) is 6.15. The number of hydrogen-bond acceptors (Lipinski definition) is 4. The van der Waals surface area contributed by atoms with E-state index in [0.29, 0.717) is 18.3 Å². The van der Waals surface area contributed by atoms with Gasteiger partial charge in [-0.25, -0.2) is 4.79 Å². The first-order valence-electron chi connectivity index (χ1n) is 6.23. The van der Waals surface area contributed by atoms with E-state index < -0.39 is 18.0 Å². The lowest BCUT2D eigenvalue weighted by Crippen LogP contribution is -2.46. The number of rotatable bonds is 5. The topological polar surface area (TPSA) is 88.0 Å². The molecule has 7 nitrogen and oxygen atoms in total. The molecule has 0 spiro atoms. The average molecular weight is 267 g/mol. The van der Waals surface area contributed by atoms with E-state index in [0.717, 1.165) is 0 Å². The Kier molecular flexibility index (Phi) is 5.35. The van der Waals surface area contributed by atoms with E-state index in [2.05, 4.69) is 21.0 Å². The summed E-state index contributed by atoms with van der Waals surface area (Å²) in [5.74, 6) is 0.532. The van der Waals surface area contributed by atoms with Gasteiger partial charge < -0.3 is 10.6 Å². The van der Waals surface area contributed by atoms with E-state index in [9.17, 15) is 9.59 Å². The van der Waals surface area contributed by atoms with Gasteiger partial charge in [-0.3, -0.25) is 14.8 Å². The Bertz CT molecular complexity index is 441. The van der Waals surface area contributed by atoms with E-state index in [1.807, 2.05) is 13.8 Å². The van der Waals surface area contributed by atoms with Crippen molar-refractivity contribution in [1.29, 1.82) is 0 Å². The van der Waals surface area contributed by atoms with Crippen LogP contribution in [0, 0.1) is 5.92 Å². The zero-order valence-corrected chi connectivity index (χ0v) is 11.7. The van der Waals surface area contributed by atoms with Gasteiger partial charge in [-0.05, 0) is 12.8 Å². The highest BCUT2D eigenvalue weighted by Crippen LogP contribution is 2.03. The number of carbonyl (C=O) groups is 2. The molecule has 106 valence electrons. The van der Waals surface area contributed by atoms with Crippen LogP contribution in [-0.2, 0) is 11.8 Å². The molecule has 0 aliphatic rings. The normalized spacial score (nSPS) is 12.1. The molecular formula is C12H21N5O2. The van der Waals surface area contributed by atoms with Gasteiger partial charge in [0.1, 0.15) is 11.9 Å². The number of anilines is 1. The van der Waals surface area contributed by atoms with E-state index in [-0.39, 0.29) is 0 Å². The fourth-order valence-corrected chi connectivity index (χ4v) is 1.34. The second kappa shape index (κ2) is 6.77. The van der Waals surface area contributed by atoms with Gasteiger partial charge in [0.2, 0.25) is 5.91 Å². The number of amides is 3. The largest absolute Gasteiger partial charge is 0.357 e. The minimum Gasteiger partial charge on any atom is -0.357 e. The van der Waals surface area contributed by atoms with Gasteiger partial charge in [0.05, 0.1) is 0 Å². The molecule has 1 atom stereocenters. The molecule has 0 radical (unpaired) electrons. The molecule has 0 saturated heterocycles.